The fraction of sp³-hybridized carbons (Fsp3) is 0.625. The van der Waals surface area contributed by atoms with E-state index >= 15 is 0 Å². The van der Waals surface area contributed by atoms with Crippen LogP contribution in [-0.2, 0) is 20.8 Å². The lowest BCUT2D eigenvalue weighted by atomic mass is 9.81. The van der Waals surface area contributed by atoms with Crippen molar-refractivity contribution in [2.45, 2.75) is 26.2 Å². The van der Waals surface area contributed by atoms with E-state index in [4.69, 9.17) is 0 Å². The Kier molecular flexibility index (Phi) is 4.29. The van der Waals surface area contributed by atoms with Crippen molar-refractivity contribution in [2.75, 3.05) is 26.2 Å². The van der Waals surface area contributed by atoms with Crippen molar-refractivity contribution in [3.63, 3.8) is 0 Å². The molecule has 2 aliphatic heterocycles. The normalized spacial score (nSPS) is 26.0. The van der Waals surface area contributed by atoms with E-state index in [2.05, 4.69) is 10.2 Å². The largest absolute Gasteiger partial charge is 0.481 e. The number of aryl methyl sites for hydroxylation is 1. The highest BCUT2D eigenvalue weighted by Gasteiger charge is 2.62. The number of rotatable bonds is 6. The highest BCUT2D eigenvalue weighted by Crippen LogP contribution is 2.43. The minimum Gasteiger partial charge on any atom is -0.481 e. The number of carbonyl (C=O) groups excluding carboxylic acids is 2. The van der Waals surface area contributed by atoms with Gasteiger partial charge in [0.1, 0.15) is 5.41 Å². The number of carbonyl (C=O) groups is 3. The van der Waals surface area contributed by atoms with Gasteiger partial charge in [-0.05, 0) is 25.3 Å². The van der Waals surface area contributed by atoms with Crippen molar-refractivity contribution in [2.24, 2.45) is 11.3 Å². The van der Waals surface area contributed by atoms with Gasteiger partial charge in [0.25, 0.3) is 0 Å². The fourth-order valence-corrected chi connectivity index (χ4v) is 3.78. The number of amides is 2. The quantitative estimate of drug-likeness (QED) is 0.769. The second kappa shape index (κ2) is 6.26. The van der Waals surface area contributed by atoms with Crippen molar-refractivity contribution >= 4 is 17.8 Å². The number of nitrogens with zero attached hydrogens (tertiary/aromatic N) is 3. The van der Waals surface area contributed by atoms with Crippen molar-refractivity contribution in [1.82, 2.24) is 20.0 Å². The van der Waals surface area contributed by atoms with Crippen LogP contribution in [0.1, 0.15) is 25.3 Å². The molecule has 0 aliphatic carbocycles. The summed E-state index contributed by atoms with van der Waals surface area (Å²) in [6.07, 6.45) is 5.28. The lowest BCUT2D eigenvalue weighted by Crippen LogP contribution is -2.42. The number of nitrogens with one attached hydrogen (secondary N) is 1. The molecular formula is C16H22N4O4. The molecule has 0 spiro atoms. The molecule has 8 heteroatoms. The highest BCUT2D eigenvalue weighted by atomic mass is 16.4. The zero-order valence-electron chi connectivity index (χ0n) is 13.7. The molecule has 0 radical (unpaired) electrons. The number of aromatic nitrogens is 2. The predicted octanol–water partition coefficient (Wildman–Crippen LogP) is 0.124. The van der Waals surface area contributed by atoms with Crippen molar-refractivity contribution in [3.05, 3.63) is 18.0 Å². The van der Waals surface area contributed by atoms with Gasteiger partial charge >= 0.3 is 5.97 Å². The molecule has 2 N–H and O–H groups in total. The van der Waals surface area contributed by atoms with Crippen molar-refractivity contribution in [3.8, 4) is 0 Å². The number of likely N-dealkylation sites (tertiary alicyclic amines) is 2. The van der Waals surface area contributed by atoms with Gasteiger partial charge in [-0.3, -0.25) is 19.5 Å². The van der Waals surface area contributed by atoms with E-state index in [1.165, 1.54) is 0 Å². The molecule has 2 amide bonds. The van der Waals surface area contributed by atoms with Crippen LogP contribution in [0.5, 0.6) is 0 Å². The van der Waals surface area contributed by atoms with Gasteiger partial charge < -0.3 is 14.9 Å². The minimum absolute atomic E-state index is 0.0793. The van der Waals surface area contributed by atoms with Gasteiger partial charge in [-0.2, -0.15) is 5.10 Å². The van der Waals surface area contributed by atoms with Gasteiger partial charge in [0, 0.05) is 38.8 Å². The first kappa shape index (κ1) is 16.5. The minimum atomic E-state index is -1.15. The fourth-order valence-electron chi connectivity index (χ4n) is 3.78. The van der Waals surface area contributed by atoms with Crippen LogP contribution in [0.25, 0.3) is 0 Å². The summed E-state index contributed by atoms with van der Waals surface area (Å²) < 4.78 is 0. The summed E-state index contributed by atoms with van der Waals surface area (Å²) in [5, 5.41) is 16.3. The Morgan fingerprint density at radius 1 is 1.46 bits per heavy atom. The topological polar surface area (TPSA) is 107 Å². The van der Waals surface area contributed by atoms with E-state index in [0.717, 1.165) is 12.0 Å². The molecule has 3 heterocycles. The van der Waals surface area contributed by atoms with Gasteiger partial charge in [-0.25, -0.2) is 0 Å². The second-order valence-electron chi connectivity index (χ2n) is 6.60. The number of aliphatic carboxylic acids is 1. The Morgan fingerprint density at radius 3 is 2.83 bits per heavy atom. The molecule has 24 heavy (non-hydrogen) atoms. The molecule has 130 valence electrons. The summed E-state index contributed by atoms with van der Waals surface area (Å²) in [6, 6.07) is 0. The third-order valence-electron chi connectivity index (χ3n) is 5.20. The Morgan fingerprint density at radius 2 is 2.25 bits per heavy atom. The van der Waals surface area contributed by atoms with E-state index in [-0.39, 0.29) is 31.4 Å². The van der Waals surface area contributed by atoms with E-state index in [1.54, 1.807) is 22.2 Å². The number of hydrogen-bond acceptors (Lipinski definition) is 4. The van der Waals surface area contributed by atoms with Crippen molar-refractivity contribution < 1.29 is 19.5 Å². The van der Waals surface area contributed by atoms with Gasteiger partial charge in [0.2, 0.25) is 11.8 Å². The van der Waals surface area contributed by atoms with Crippen LogP contribution < -0.4 is 0 Å². The molecule has 3 rings (SSSR count). The average molecular weight is 334 g/mol. The maximum Gasteiger partial charge on any atom is 0.314 e. The Hall–Kier alpha value is -2.38. The number of aromatic amines is 1. The molecule has 2 aliphatic rings. The van der Waals surface area contributed by atoms with E-state index in [9.17, 15) is 19.5 Å². The average Bonchev–Trinajstić information content (AvgIpc) is 3.24. The molecule has 0 saturated carbocycles. The third kappa shape index (κ3) is 2.65. The molecule has 2 fully saturated rings. The molecule has 0 bridgehead atoms. The van der Waals surface area contributed by atoms with Crippen LogP contribution in [0.4, 0.5) is 0 Å². The van der Waals surface area contributed by atoms with Gasteiger partial charge in [-0.15, -0.1) is 0 Å². The number of hydrogen-bond donors (Lipinski definition) is 2. The van der Waals surface area contributed by atoms with Gasteiger partial charge in [0.15, 0.2) is 0 Å². The standard InChI is InChI=1S/C16H22N4O4/c1-2-19-9-16(15(23)24)10-20(8-12(16)14(19)22)13(21)5-3-4-11-6-17-18-7-11/h6-7,12H,2-5,8-10H2,1H3,(H,17,18)(H,23,24)/t12-,16+/m0/s1. The third-order valence-corrected chi connectivity index (χ3v) is 5.20. The summed E-state index contributed by atoms with van der Waals surface area (Å²) in [7, 11) is 0. The zero-order chi connectivity index (χ0) is 17.3. The number of H-pyrrole nitrogens is 1. The number of carboxylic acids is 1. The SMILES string of the molecule is CCN1C[C@@]2(C(=O)O)CN(C(=O)CCCc3cn[nH]c3)C[C@H]2C1=O. The van der Waals surface area contributed by atoms with E-state index in [1.807, 2.05) is 6.92 Å². The Balaban J connectivity index is 1.62. The van der Waals surface area contributed by atoms with Crippen LogP contribution in [0.15, 0.2) is 12.4 Å². The molecule has 2 saturated heterocycles. The lowest BCUT2D eigenvalue weighted by Gasteiger charge is -2.24. The maximum atomic E-state index is 12.4. The van der Waals surface area contributed by atoms with E-state index in [0.29, 0.717) is 19.4 Å². The first-order valence-corrected chi connectivity index (χ1v) is 8.25. The van der Waals surface area contributed by atoms with Gasteiger partial charge in [0.05, 0.1) is 12.1 Å². The van der Waals surface area contributed by atoms with Crippen LogP contribution in [-0.4, -0.2) is 69.1 Å². The van der Waals surface area contributed by atoms with Crippen LogP contribution in [0.3, 0.4) is 0 Å². The molecule has 2 atom stereocenters. The lowest BCUT2D eigenvalue weighted by molar-refractivity contribution is -0.150. The molecule has 0 aromatic carbocycles. The second-order valence-corrected chi connectivity index (χ2v) is 6.60. The summed E-state index contributed by atoms with van der Waals surface area (Å²) >= 11 is 0. The van der Waals surface area contributed by atoms with Crippen LogP contribution in [0, 0.1) is 11.3 Å². The summed E-state index contributed by atoms with van der Waals surface area (Å²) in [6.45, 7) is 2.88. The smallest absolute Gasteiger partial charge is 0.314 e. The van der Waals surface area contributed by atoms with Gasteiger partial charge in [-0.1, -0.05) is 0 Å². The Bertz CT molecular complexity index is 645. The highest BCUT2D eigenvalue weighted by molar-refractivity contribution is 5.94. The molecule has 8 nitrogen and oxygen atoms in total. The first-order valence-electron chi connectivity index (χ1n) is 8.25. The van der Waals surface area contributed by atoms with Crippen LogP contribution >= 0.6 is 0 Å². The number of fused-ring (bicyclic) bond motifs is 1. The first-order chi connectivity index (χ1) is 11.5. The Labute approximate surface area is 139 Å². The maximum absolute atomic E-state index is 12.4. The molecule has 1 aromatic heterocycles. The molecule has 0 unspecified atom stereocenters. The number of carboxylic acid groups (broad SMARTS) is 1. The monoisotopic (exact) mass is 334 g/mol. The zero-order valence-corrected chi connectivity index (χ0v) is 13.7. The predicted molar refractivity (Wildman–Crippen MR) is 83.9 cm³/mol. The summed E-state index contributed by atoms with van der Waals surface area (Å²) in [4.78, 5) is 39.8. The summed E-state index contributed by atoms with van der Waals surface area (Å²) in [5.74, 6) is -1.82. The molecule has 1 aromatic rings. The van der Waals surface area contributed by atoms with E-state index < -0.39 is 17.3 Å². The van der Waals surface area contributed by atoms with Crippen molar-refractivity contribution in [1.29, 1.82) is 0 Å². The molecular weight excluding hydrogens is 312 g/mol. The summed E-state index contributed by atoms with van der Waals surface area (Å²) in [5.41, 5.74) is -0.107. The van der Waals surface area contributed by atoms with Crippen LogP contribution in [0.2, 0.25) is 0 Å².